The number of nitrogens with zero attached hydrogens (tertiary/aromatic N) is 3. The van der Waals surface area contributed by atoms with Gasteiger partial charge in [-0.25, -0.2) is 0 Å². The average molecular weight is 315 g/mol. The number of aryl methyl sites for hydroxylation is 1. The monoisotopic (exact) mass is 314 g/mol. The maximum absolute atomic E-state index is 12.7. The molecular formula is C14H23ClN4O2. The highest BCUT2D eigenvalue weighted by molar-refractivity contribution is 5.85. The summed E-state index contributed by atoms with van der Waals surface area (Å²) < 4.78 is 7.31. The highest BCUT2D eigenvalue weighted by Crippen LogP contribution is 2.29. The molecule has 2 saturated heterocycles. The molecule has 1 unspecified atom stereocenters. The summed E-state index contributed by atoms with van der Waals surface area (Å²) in [4.78, 5) is 14.7. The Morgan fingerprint density at radius 3 is 2.95 bits per heavy atom. The number of amides is 1. The Morgan fingerprint density at radius 2 is 2.29 bits per heavy atom. The van der Waals surface area contributed by atoms with E-state index < -0.39 is 0 Å². The van der Waals surface area contributed by atoms with Crippen LogP contribution in [-0.2, 0) is 16.6 Å². The van der Waals surface area contributed by atoms with Crippen molar-refractivity contribution in [2.24, 2.45) is 13.0 Å². The van der Waals surface area contributed by atoms with Crippen molar-refractivity contribution in [1.29, 1.82) is 0 Å². The van der Waals surface area contributed by atoms with Crippen molar-refractivity contribution in [2.75, 3.05) is 32.8 Å². The zero-order valence-corrected chi connectivity index (χ0v) is 13.3. The normalized spacial score (nSPS) is 29.2. The number of hydrogen-bond acceptors (Lipinski definition) is 4. The summed E-state index contributed by atoms with van der Waals surface area (Å²) in [6, 6.07) is 0. The standard InChI is InChI=1S/C14H22N4O2.ClH/c1-10-8-18(3-4-20-10)14(19)13-7-15-6-12(13)11-5-16-17(2)9-11;/h5,9-10,12-13,15H,3-4,6-8H2,1-2H3;1H/t10?,12-,13+;/m1./s1. The van der Waals surface area contributed by atoms with Gasteiger partial charge in [0.05, 0.1) is 24.8 Å². The first-order valence-corrected chi connectivity index (χ1v) is 7.25. The van der Waals surface area contributed by atoms with Gasteiger partial charge < -0.3 is 15.0 Å². The first-order chi connectivity index (χ1) is 9.65. The molecule has 2 aliphatic heterocycles. The van der Waals surface area contributed by atoms with E-state index in [4.69, 9.17) is 4.74 Å². The lowest BCUT2D eigenvalue weighted by Gasteiger charge is -2.33. The van der Waals surface area contributed by atoms with Crippen molar-refractivity contribution in [2.45, 2.75) is 18.9 Å². The van der Waals surface area contributed by atoms with Gasteiger partial charge in [-0.2, -0.15) is 5.10 Å². The fourth-order valence-corrected chi connectivity index (χ4v) is 3.17. The summed E-state index contributed by atoms with van der Waals surface area (Å²) in [5, 5.41) is 7.57. The molecule has 7 heteroatoms. The van der Waals surface area contributed by atoms with Crippen LogP contribution in [0.15, 0.2) is 12.4 Å². The second-order valence-electron chi connectivity index (χ2n) is 5.78. The minimum atomic E-state index is 0. The van der Waals surface area contributed by atoms with Crippen LogP contribution in [0.2, 0.25) is 0 Å². The zero-order valence-electron chi connectivity index (χ0n) is 12.5. The van der Waals surface area contributed by atoms with E-state index >= 15 is 0 Å². The SMILES string of the molecule is CC1CN(C(=O)[C@H]2CNC[C@@H]2c2cnn(C)c2)CCO1.Cl. The number of halogens is 1. The van der Waals surface area contributed by atoms with Crippen molar-refractivity contribution in [3.8, 4) is 0 Å². The van der Waals surface area contributed by atoms with Crippen LogP contribution in [0.25, 0.3) is 0 Å². The van der Waals surface area contributed by atoms with Crippen molar-refractivity contribution in [3.05, 3.63) is 18.0 Å². The molecule has 0 aliphatic carbocycles. The molecule has 118 valence electrons. The van der Waals surface area contributed by atoms with E-state index in [-0.39, 0.29) is 36.3 Å². The minimum absolute atomic E-state index is 0. The van der Waals surface area contributed by atoms with E-state index in [1.54, 1.807) is 4.68 Å². The second-order valence-corrected chi connectivity index (χ2v) is 5.78. The van der Waals surface area contributed by atoms with E-state index in [1.165, 1.54) is 0 Å². The number of carbonyl (C=O) groups excluding carboxylic acids is 1. The van der Waals surface area contributed by atoms with E-state index in [0.29, 0.717) is 19.7 Å². The van der Waals surface area contributed by atoms with Crippen LogP contribution in [-0.4, -0.2) is 59.5 Å². The van der Waals surface area contributed by atoms with Gasteiger partial charge in [0.15, 0.2) is 0 Å². The topological polar surface area (TPSA) is 59.4 Å². The third-order valence-corrected chi connectivity index (χ3v) is 4.24. The van der Waals surface area contributed by atoms with Crippen LogP contribution < -0.4 is 5.32 Å². The van der Waals surface area contributed by atoms with Gasteiger partial charge in [0.25, 0.3) is 0 Å². The Bertz CT molecular complexity index is 493. The molecule has 3 atom stereocenters. The highest BCUT2D eigenvalue weighted by atomic mass is 35.5. The number of carbonyl (C=O) groups is 1. The fraction of sp³-hybridized carbons (Fsp3) is 0.714. The van der Waals surface area contributed by atoms with Crippen LogP contribution in [0.4, 0.5) is 0 Å². The first kappa shape index (κ1) is 16.3. The van der Waals surface area contributed by atoms with Gasteiger partial charge in [0, 0.05) is 45.3 Å². The zero-order chi connectivity index (χ0) is 14.1. The maximum Gasteiger partial charge on any atom is 0.227 e. The Morgan fingerprint density at radius 1 is 1.48 bits per heavy atom. The van der Waals surface area contributed by atoms with E-state index in [2.05, 4.69) is 10.4 Å². The number of hydrogen-bond donors (Lipinski definition) is 1. The summed E-state index contributed by atoms with van der Waals surface area (Å²) in [6.07, 6.45) is 4.03. The predicted octanol–water partition coefficient (Wildman–Crippen LogP) is 0.392. The number of ether oxygens (including phenoxy) is 1. The minimum Gasteiger partial charge on any atom is -0.375 e. The second kappa shape index (κ2) is 6.77. The molecular weight excluding hydrogens is 292 g/mol. The molecule has 0 radical (unpaired) electrons. The van der Waals surface area contributed by atoms with E-state index in [0.717, 1.165) is 18.7 Å². The summed E-state index contributed by atoms with van der Waals surface area (Å²) in [5.74, 6) is 0.498. The molecule has 0 aromatic carbocycles. The van der Waals surface area contributed by atoms with Crippen LogP contribution in [0.1, 0.15) is 18.4 Å². The molecule has 1 aromatic rings. The third-order valence-electron chi connectivity index (χ3n) is 4.24. The third kappa shape index (κ3) is 3.39. The van der Waals surface area contributed by atoms with Gasteiger partial charge in [-0.05, 0) is 12.5 Å². The largest absolute Gasteiger partial charge is 0.375 e. The molecule has 2 aliphatic rings. The van der Waals surface area contributed by atoms with Crippen LogP contribution in [0.5, 0.6) is 0 Å². The molecule has 0 spiro atoms. The van der Waals surface area contributed by atoms with Crippen LogP contribution in [0.3, 0.4) is 0 Å². The molecule has 21 heavy (non-hydrogen) atoms. The van der Waals surface area contributed by atoms with Gasteiger partial charge >= 0.3 is 0 Å². The number of morpholine rings is 1. The molecule has 1 N–H and O–H groups in total. The number of aromatic nitrogens is 2. The quantitative estimate of drug-likeness (QED) is 0.858. The van der Waals surface area contributed by atoms with E-state index in [1.807, 2.05) is 31.3 Å². The Labute approximate surface area is 131 Å². The molecule has 0 saturated carbocycles. The average Bonchev–Trinajstić information content (AvgIpc) is 3.06. The van der Waals surface area contributed by atoms with Gasteiger partial charge in [0.2, 0.25) is 5.91 Å². The molecule has 2 fully saturated rings. The number of rotatable bonds is 2. The van der Waals surface area contributed by atoms with Crippen molar-refractivity contribution < 1.29 is 9.53 Å². The summed E-state index contributed by atoms with van der Waals surface area (Å²) in [5.41, 5.74) is 1.15. The molecule has 0 bridgehead atoms. The Balaban J connectivity index is 0.00000161. The van der Waals surface area contributed by atoms with Gasteiger partial charge in [-0.1, -0.05) is 0 Å². The Kier molecular flexibility index (Phi) is 5.24. The number of nitrogens with one attached hydrogen (secondary N) is 1. The molecule has 1 amide bonds. The summed E-state index contributed by atoms with van der Waals surface area (Å²) in [7, 11) is 1.91. The molecule has 1 aromatic heterocycles. The van der Waals surface area contributed by atoms with Crippen LogP contribution >= 0.6 is 12.4 Å². The summed E-state index contributed by atoms with van der Waals surface area (Å²) >= 11 is 0. The predicted molar refractivity (Wildman–Crippen MR) is 81.6 cm³/mol. The highest BCUT2D eigenvalue weighted by Gasteiger charge is 2.37. The fourth-order valence-electron chi connectivity index (χ4n) is 3.17. The Hall–Kier alpha value is -1.11. The molecule has 6 nitrogen and oxygen atoms in total. The lowest BCUT2D eigenvalue weighted by atomic mass is 9.89. The van der Waals surface area contributed by atoms with Crippen LogP contribution in [0, 0.1) is 5.92 Å². The van der Waals surface area contributed by atoms with Crippen molar-refractivity contribution in [3.63, 3.8) is 0 Å². The van der Waals surface area contributed by atoms with Gasteiger partial charge in [0.1, 0.15) is 0 Å². The maximum atomic E-state index is 12.7. The van der Waals surface area contributed by atoms with Crippen molar-refractivity contribution >= 4 is 18.3 Å². The lowest BCUT2D eigenvalue weighted by Crippen LogP contribution is -2.48. The molecule has 3 heterocycles. The van der Waals surface area contributed by atoms with Gasteiger partial charge in [-0.3, -0.25) is 9.48 Å². The first-order valence-electron chi connectivity index (χ1n) is 7.25. The smallest absolute Gasteiger partial charge is 0.227 e. The lowest BCUT2D eigenvalue weighted by molar-refractivity contribution is -0.142. The van der Waals surface area contributed by atoms with E-state index in [9.17, 15) is 4.79 Å². The molecule has 3 rings (SSSR count). The summed E-state index contributed by atoms with van der Waals surface area (Å²) in [6.45, 7) is 5.68. The van der Waals surface area contributed by atoms with Crippen molar-refractivity contribution in [1.82, 2.24) is 20.0 Å². The van der Waals surface area contributed by atoms with Gasteiger partial charge in [-0.15, -0.1) is 12.4 Å².